The van der Waals surface area contributed by atoms with E-state index in [-0.39, 0.29) is 17.9 Å². The van der Waals surface area contributed by atoms with E-state index in [1.807, 2.05) is 35.2 Å². The van der Waals surface area contributed by atoms with Crippen LogP contribution in [0.5, 0.6) is 0 Å². The van der Waals surface area contributed by atoms with Crippen molar-refractivity contribution in [2.24, 2.45) is 5.41 Å². The normalized spacial score (nSPS) is 24.7. The Morgan fingerprint density at radius 3 is 3.00 bits per heavy atom. The zero-order chi connectivity index (χ0) is 18.6. The van der Waals surface area contributed by atoms with Gasteiger partial charge in [0.2, 0.25) is 0 Å². The molecule has 6 heteroatoms. The lowest BCUT2D eigenvalue weighted by atomic mass is 9.64. The second-order valence-corrected chi connectivity index (χ2v) is 9.36. The van der Waals surface area contributed by atoms with Gasteiger partial charge in [-0.2, -0.15) is 0 Å². The fourth-order valence-corrected chi connectivity index (χ4v) is 5.58. The number of rotatable bonds is 3. The number of thiazole rings is 1. The van der Waals surface area contributed by atoms with Gasteiger partial charge < -0.3 is 15.0 Å². The Hall–Kier alpha value is -2.18. The first-order chi connectivity index (χ1) is 13.0. The van der Waals surface area contributed by atoms with Crippen LogP contribution in [0, 0.1) is 5.41 Å². The van der Waals surface area contributed by atoms with Crippen molar-refractivity contribution in [3.8, 4) is 0 Å². The zero-order valence-corrected chi connectivity index (χ0v) is 16.2. The highest BCUT2D eigenvalue weighted by molar-refractivity contribution is 7.11. The van der Waals surface area contributed by atoms with Crippen molar-refractivity contribution >= 4 is 28.1 Å². The number of H-pyrrole nitrogens is 1. The van der Waals surface area contributed by atoms with E-state index in [0.717, 1.165) is 35.9 Å². The van der Waals surface area contributed by atoms with Gasteiger partial charge in [-0.1, -0.05) is 25.1 Å². The predicted molar refractivity (Wildman–Crippen MR) is 106 cm³/mol. The van der Waals surface area contributed by atoms with Crippen molar-refractivity contribution in [3.05, 3.63) is 51.6 Å². The first-order valence-corrected chi connectivity index (χ1v) is 10.3. The highest BCUT2D eigenvalue weighted by Crippen LogP contribution is 2.51. The van der Waals surface area contributed by atoms with Crippen LogP contribution in [-0.2, 0) is 13.0 Å². The Bertz CT molecular complexity index is 983. The standard InChI is InChI=1S/C21H23N3O2S/c1-21(12-25)9-14(10-21)19-23-16-6-7-24(11-18(16)27-19)20(26)17-8-13-4-2-3-5-15(13)22-17/h2-5,8,14,22,25H,6-7,9-12H2,1H3. The molecule has 1 amide bonds. The Morgan fingerprint density at radius 2 is 2.22 bits per heavy atom. The maximum atomic E-state index is 13.0. The smallest absolute Gasteiger partial charge is 0.270 e. The minimum atomic E-state index is 0.0586. The van der Waals surface area contributed by atoms with Gasteiger partial charge in [0.15, 0.2) is 0 Å². The molecule has 1 aliphatic carbocycles. The number of carbonyl (C=O) groups is 1. The SMILES string of the molecule is CC1(CO)CC(c2nc3c(s2)CN(C(=O)c2cc4ccccc4[nH]2)CC3)C1. The highest BCUT2D eigenvalue weighted by Gasteiger charge is 2.42. The lowest BCUT2D eigenvalue weighted by Gasteiger charge is -2.43. The number of hydrogen-bond donors (Lipinski definition) is 2. The van der Waals surface area contributed by atoms with E-state index in [4.69, 9.17) is 4.98 Å². The molecule has 0 atom stereocenters. The lowest BCUT2D eigenvalue weighted by Crippen LogP contribution is -2.36. The third-order valence-electron chi connectivity index (χ3n) is 6.00. The molecule has 2 aliphatic rings. The number of nitrogens with one attached hydrogen (secondary N) is 1. The molecule has 1 aliphatic heterocycles. The minimum absolute atomic E-state index is 0.0586. The molecule has 0 unspecified atom stereocenters. The van der Waals surface area contributed by atoms with Crippen molar-refractivity contribution in [2.45, 2.75) is 38.6 Å². The number of aliphatic hydroxyl groups is 1. The van der Waals surface area contributed by atoms with E-state index in [1.54, 1.807) is 11.3 Å². The van der Waals surface area contributed by atoms with E-state index in [9.17, 15) is 9.90 Å². The third-order valence-corrected chi connectivity index (χ3v) is 7.25. The second-order valence-electron chi connectivity index (χ2n) is 8.24. The average Bonchev–Trinajstić information content (AvgIpc) is 3.27. The van der Waals surface area contributed by atoms with Crippen molar-refractivity contribution in [1.29, 1.82) is 0 Å². The number of fused-ring (bicyclic) bond motifs is 2. The van der Waals surface area contributed by atoms with Crippen LogP contribution in [0.4, 0.5) is 0 Å². The molecule has 3 aromatic rings. The summed E-state index contributed by atoms with van der Waals surface area (Å²) in [4.78, 5) is 24.2. The summed E-state index contributed by atoms with van der Waals surface area (Å²) in [5.74, 6) is 0.527. The summed E-state index contributed by atoms with van der Waals surface area (Å²) in [6, 6.07) is 9.91. The summed E-state index contributed by atoms with van der Waals surface area (Å²) in [7, 11) is 0. The number of benzene rings is 1. The van der Waals surface area contributed by atoms with Gasteiger partial charge in [-0.3, -0.25) is 4.79 Å². The van der Waals surface area contributed by atoms with Crippen LogP contribution in [0.15, 0.2) is 30.3 Å². The molecule has 1 aromatic carbocycles. The fourth-order valence-electron chi connectivity index (χ4n) is 4.36. The molecular weight excluding hydrogens is 358 g/mol. The van der Waals surface area contributed by atoms with E-state index < -0.39 is 0 Å². The number of aromatic amines is 1. The molecule has 1 saturated carbocycles. The molecule has 0 bridgehead atoms. The van der Waals surface area contributed by atoms with E-state index in [2.05, 4.69) is 11.9 Å². The van der Waals surface area contributed by atoms with Crippen LogP contribution in [0.2, 0.25) is 0 Å². The van der Waals surface area contributed by atoms with E-state index in [0.29, 0.717) is 24.7 Å². The Labute approximate surface area is 162 Å². The molecule has 1 fully saturated rings. The molecule has 27 heavy (non-hydrogen) atoms. The number of hydrogen-bond acceptors (Lipinski definition) is 4. The number of amides is 1. The molecule has 3 heterocycles. The first-order valence-electron chi connectivity index (χ1n) is 9.51. The summed E-state index contributed by atoms with van der Waals surface area (Å²) in [6.07, 6.45) is 2.84. The number of aliphatic hydroxyl groups excluding tert-OH is 1. The van der Waals surface area contributed by atoms with Gasteiger partial charge in [0.25, 0.3) is 5.91 Å². The van der Waals surface area contributed by atoms with Crippen LogP contribution < -0.4 is 0 Å². The van der Waals surface area contributed by atoms with Gasteiger partial charge in [0.1, 0.15) is 5.69 Å². The number of aromatic nitrogens is 2. The average molecular weight is 382 g/mol. The van der Waals surface area contributed by atoms with Crippen molar-refractivity contribution < 1.29 is 9.90 Å². The minimum Gasteiger partial charge on any atom is -0.396 e. The third kappa shape index (κ3) is 2.87. The highest BCUT2D eigenvalue weighted by atomic mass is 32.1. The van der Waals surface area contributed by atoms with Crippen molar-refractivity contribution in [3.63, 3.8) is 0 Å². The van der Waals surface area contributed by atoms with Crippen molar-refractivity contribution in [2.75, 3.05) is 13.2 Å². The molecule has 0 spiro atoms. The van der Waals surface area contributed by atoms with Gasteiger partial charge in [-0.25, -0.2) is 4.98 Å². The van der Waals surface area contributed by atoms with E-state index >= 15 is 0 Å². The van der Waals surface area contributed by atoms with Gasteiger partial charge in [-0.05, 0) is 30.4 Å². The summed E-state index contributed by atoms with van der Waals surface area (Å²) in [5, 5.41) is 11.7. The van der Waals surface area contributed by atoms with Crippen LogP contribution in [0.1, 0.15) is 51.8 Å². The summed E-state index contributed by atoms with van der Waals surface area (Å²) in [5.41, 5.74) is 2.88. The Balaban J connectivity index is 1.33. The molecule has 5 rings (SSSR count). The largest absolute Gasteiger partial charge is 0.396 e. The molecule has 2 N–H and O–H groups in total. The van der Waals surface area contributed by atoms with Gasteiger partial charge in [0, 0.05) is 41.3 Å². The predicted octanol–water partition coefficient (Wildman–Crippen LogP) is 3.70. The summed E-state index contributed by atoms with van der Waals surface area (Å²) >= 11 is 1.76. The molecule has 5 nitrogen and oxygen atoms in total. The molecule has 0 saturated heterocycles. The molecule has 2 aromatic heterocycles. The van der Waals surface area contributed by atoms with Crippen LogP contribution in [-0.4, -0.2) is 39.0 Å². The van der Waals surface area contributed by atoms with Gasteiger partial charge in [0.05, 0.1) is 17.2 Å². The quantitative estimate of drug-likeness (QED) is 0.727. The molecule has 0 radical (unpaired) electrons. The Morgan fingerprint density at radius 1 is 1.41 bits per heavy atom. The van der Waals surface area contributed by atoms with E-state index in [1.165, 1.54) is 9.88 Å². The maximum absolute atomic E-state index is 13.0. The van der Waals surface area contributed by atoms with Crippen LogP contribution in [0.3, 0.4) is 0 Å². The lowest BCUT2D eigenvalue weighted by molar-refractivity contribution is 0.0433. The molecular formula is C21H23N3O2S. The summed E-state index contributed by atoms with van der Waals surface area (Å²) < 4.78 is 0. The van der Waals surface area contributed by atoms with Crippen molar-refractivity contribution in [1.82, 2.24) is 14.9 Å². The number of nitrogens with zero attached hydrogens (tertiary/aromatic N) is 2. The molecule has 140 valence electrons. The second kappa shape index (κ2) is 6.17. The van der Waals surface area contributed by atoms with Crippen LogP contribution in [0.25, 0.3) is 10.9 Å². The number of carbonyl (C=O) groups excluding carboxylic acids is 1. The zero-order valence-electron chi connectivity index (χ0n) is 15.4. The first kappa shape index (κ1) is 17.0. The Kier molecular flexibility index (Phi) is 3.88. The monoisotopic (exact) mass is 381 g/mol. The fraction of sp³-hybridized carbons (Fsp3) is 0.429. The van der Waals surface area contributed by atoms with Gasteiger partial charge in [-0.15, -0.1) is 11.3 Å². The van der Waals surface area contributed by atoms with Crippen LogP contribution >= 0.6 is 11.3 Å². The summed E-state index contributed by atoms with van der Waals surface area (Å²) in [6.45, 7) is 3.74. The van der Waals surface area contributed by atoms with Gasteiger partial charge >= 0.3 is 0 Å². The topological polar surface area (TPSA) is 69.2 Å². The number of para-hydroxylation sites is 1. The maximum Gasteiger partial charge on any atom is 0.270 e.